The average molecular weight is 304 g/mol. The Labute approximate surface area is 127 Å². The molecule has 3 N–H and O–H groups in total. The molecule has 0 aliphatic heterocycles. The molecule has 0 atom stereocenters. The molecule has 5 heteroatoms. The number of rotatable bonds is 5. The first-order valence-electron chi connectivity index (χ1n) is 6.54. The lowest BCUT2D eigenvalue weighted by atomic mass is 10.2. The van der Waals surface area contributed by atoms with Crippen LogP contribution in [-0.2, 0) is 11.3 Å². The van der Waals surface area contributed by atoms with Crippen LogP contribution in [0.25, 0.3) is 0 Å². The molecule has 110 valence electrons. The van der Waals surface area contributed by atoms with Gasteiger partial charge in [0.15, 0.2) is 0 Å². The molecule has 0 aromatic heterocycles. The maximum atomic E-state index is 12.8. The predicted octanol–water partition coefficient (Wildman–Crippen LogP) is 3.12. The van der Waals surface area contributed by atoms with Crippen LogP contribution in [0.4, 0.5) is 10.1 Å². The van der Waals surface area contributed by atoms with Crippen molar-refractivity contribution >= 4 is 23.4 Å². The second-order valence-corrected chi connectivity index (χ2v) is 5.75. The van der Waals surface area contributed by atoms with Crippen molar-refractivity contribution in [3.05, 3.63) is 59.4 Å². The molecule has 0 saturated carbocycles. The van der Waals surface area contributed by atoms with E-state index < -0.39 is 0 Å². The molecule has 0 fully saturated rings. The van der Waals surface area contributed by atoms with E-state index in [-0.39, 0.29) is 11.7 Å². The van der Waals surface area contributed by atoms with Crippen molar-refractivity contribution in [3.8, 4) is 0 Å². The second kappa shape index (κ2) is 7.13. The van der Waals surface area contributed by atoms with Gasteiger partial charge in [-0.2, -0.15) is 0 Å². The summed E-state index contributed by atoms with van der Waals surface area (Å²) < 4.78 is 12.8. The minimum absolute atomic E-state index is 0.0794. The lowest BCUT2D eigenvalue weighted by Crippen LogP contribution is -2.24. The van der Waals surface area contributed by atoms with Crippen LogP contribution in [0, 0.1) is 12.7 Å². The molecule has 0 radical (unpaired) electrons. The summed E-state index contributed by atoms with van der Waals surface area (Å²) in [5.74, 6) is -0.0613. The maximum Gasteiger partial charge on any atom is 0.230 e. The first kappa shape index (κ1) is 15.4. The number of amides is 1. The minimum Gasteiger partial charge on any atom is -0.398 e. The fraction of sp³-hybridized carbons (Fsp3) is 0.188. The van der Waals surface area contributed by atoms with E-state index in [0.29, 0.717) is 18.0 Å². The molecule has 21 heavy (non-hydrogen) atoms. The monoisotopic (exact) mass is 304 g/mol. The van der Waals surface area contributed by atoms with E-state index in [1.54, 1.807) is 12.1 Å². The molecular formula is C16H17FN2OS. The van der Waals surface area contributed by atoms with Gasteiger partial charge in [0.1, 0.15) is 5.82 Å². The molecule has 1 amide bonds. The molecule has 0 aliphatic rings. The summed E-state index contributed by atoms with van der Waals surface area (Å²) in [6, 6.07) is 11.8. The zero-order chi connectivity index (χ0) is 15.2. The second-order valence-electron chi connectivity index (χ2n) is 4.73. The van der Waals surface area contributed by atoms with Crippen molar-refractivity contribution in [1.29, 1.82) is 0 Å². The van der Waals surface area contributed by atoms with E-state index in [0.717, 1.165) is 16.0 Å². The van der Waals surface area contributed by atoms with E-state index in [9.17, 15) is 9.18 Å². The first-order chi connectivity index (χ1) is 10.0. The van der Waals surface area contributed by atoms with Gasteiger partial charge in [0.25, 0.3) is 0 Å². The average Bonchev–Trinajstić information content (AvgIpc) is 2.46. The SMILES string of the molecule is Cc1ccc(SCC(=O)NCc2ccc(F)cc2)c(N)c1. The number of halogens is 1. The highest BCUT2D eigenvalue weighted by Crippen LogP contribution is 2.25. The predicted molar refractivity (Wildman–Crippen MR) is 84.6 cm³/mol. The van der Waals surface area contributed by atoms with Crippen LogP contribution in [0.2, 0.25) is 0 Å². The Kier molecular flexibility index (Phi) is 5.22. The van der Waals surface area contributed by atoms with Gasteiger partial charge < -0.3 is 11.1 Å². The summed E-state index contributed by atoms with van der Waals surface area (Å²) in [7, 11) is 0. The standard InChI is InChI=1S/C16H17FN2OS/c1-11-2-7-15(14(18)8-11)21-10-16(20)19-9-12-3-5-13(17)6-4-12/h2-8H,9-10,18H2,1H3,(H,19,20). The maximum absolute atomic E-state index is 12.8. The lowest BCUT2D eigenvalue weighted by Gasteiger charge is -2.07. The number of benzene rings is 2. The summed E-state index contributed by atoms with van der Waals surface area (Å²) in [6.45, 7) is 2.36. The normalized spacial score (nSPS) is 10.4. The summed E-state index contributed by atoms with van der Waals surface area (Å²) >= 11 is 1.40. The molecule has 3 nitrogen and oxygen atoms in total. The van der Waals surface area contributed by atoms with Crippen molar-refractivity contribution in [2.24, 2.45) is 0 Å². The van der Waals surface area contributed by atoms with Gasteiger partial charge in [0, 0.05) is 17.1 Å². The quantitative estimate of drug-likeness (QED) is 0.659. The highest BCUT2D eigenvalue weighted by Gasteiger charge is 2.05. The number of nitrogens with one attached hydrogen (secondary N) is 1. The van der Waals surface area contributed by atoms with E-state index >= 15 is 0 Å². The summed E-state index contributed by atoms with van der Waals surface area (Å²) in [4.78, 5) is 12.7. The summed E-state index contributed by atoms with van der Waals surface area (Å²) in [6.07, 6.45) is 0. The topological polar surface area (TPSA) is 55.1 Å². The fourth-order valence-corrected chi connectivity index (χ4v) is 2.58. The highest BCUT2D eigenvalue weighted by molar-refractivity contribution is 8.00. The van der Waals surface area contributed by atoms with Gasteiger partial charge in [0.05, 0.1) is 5.75 Å². The molecule has 2 aromatic carbocycles. The largest absolute Gasteiger partial charge is 0.398 e. The summed E-state index contributed by atoms with van der Waals surface area (Å²) in [5.41, 5.74) is 8.55. The van der Waals surface area contributed by atoms with E-state index in [1.165, 1.54) is 23.9 Å². The van der Waals surface area contributed by atoms with Crippen LogP contribution >= 0.6 is 11.8 Å². The van der Waals surface area contributed by atoms with Gasteiger partial charge >= 0.3 is 0 Å². The van der Waals surface area contributed by atoms with Gasteiger partial charge in [-0.1, -0.05) is 18.2 Å². The number of nitrogen functional groups attached to an aromatic ring is 1. The Balaban J connectivity index is 1.80. The third-order valence-electron chi connectivity index (χ3n) is 2.93. The third kappa shape index (κ3) is 4.79. The van der Waals surface area contributed by atoms with Gasteiger partial charge in [-0.25, -0.2) is 4.39 Å². The van der Waals surface area contributed by atoms with Gasteiger partial charge in [-0.15, -0.1) is 11.8 Å². The Hall–Kier alpha value is -2.01. The van der Waals surface area contributed by atoms with Crippen molar-refractivity contribution in [1.82, 2.24) is 5.32 Å². The number of nitrogens with two attached hydrogens (primary N) is 1. The molecule has 0 saturated heterocycles. The fourth-order valence-electron chi connectivity index (χ4n) is 1.80. The minimum atomic E-state index is -0.282. The number of aryl methyl sites for hydroxylation is 1. The van der Waals surface area contributed by atoms with Gasteiger partial charge in [0.2, 0.25) is 5.91 Å². The third-order valence-corrected chi connectivity index (χ3v) is 4.02. The van der Waals surface area contributed by atoms with E-state index in [1.807, 2.05) is 25.1 Å². The molecule has 0 unspecified atom stereocenters. The number of thioether (sulfide) groups is 1. The van der Waals surface area contributed by atoms with Gasteiger partial charge in [-0.3, -0.25) is 4.79 Å². The van der Waals surface area contributed by atoms with Crippen molar-refractivity contribution < 1.29 is 9.18 Å². The van der Waals surface area contributed by atoms with Crippen molar-refractivity contribution in [2.45, 2.75) is 18.4 Å². The van der Waals surface area contributed by atoms with Crippen LogP contribution < -0.4 is 11.1 Å². The van der Waals surface area contributed by atoms with Crippen molar-refractivity contribution in [3.63, 3.8) is 0 Å². The number of hydrogen-bond donors (Lipinski definition) is 2. The summed E-state index contributed by atoms with van der Waals surface area (Å²) in [5, 5.41) is 2.80. The number of hydrogen-bond acceptors (Lipinski definition) is 3. The Morgan fingerprint density at radius 2 is 1.95 bits per heavy atom. The first-order valence-corrected chi connectivity index (χ1v) is 7.53. The van der Waals surface area contributed by atoms with Crippen LogP contribution in [0.5, 0.6) is 0 Å². The Morgan fingerprint density at radius 1 is 1.24 bits per heavy atom. The number of carbonyl (C=O) groups is 1. The highest BCUT2D eigenvalue weighted by atomic mass is 32.2. The molecule has 0 bridgehead atoms. The molecule has 0 aliphatic carbocycles. The number of anilines is 1. The Morgan fingerprint density at radius 3 is 2.62 bits per heavy atom. The van der Waals surface area contributed by atoms with E-state index in [4.69, 9.17) is 5.73 Å². The number of carbonyl (C=O) groups excluding carboxylic acids is 1. The van der Waals surface area contributed by atoms with Gasteiger partial charge in [-0.05, 0) is 42.3 Å². The van der Waals surface area contributed by atoms with Crippen LogP contribution in [0.3, 0.4) is 0 Å². The smallest absolute Gasteiger partial charge is 0.230 e. The molecular weight excluding hydrogens is 287 g/mol. The zero-order valence-electron chi connectivity index (χ0n) is 11.7. The molecule has 0 spiro atoms. The van der Waals surface area contributed by atoms with Crippen LogP contribution in [0.1, 0.15) is 11.1 Å². The molecule has 0 heterocycles. The molecule has 2 aromatic rings. The Bertz CT molecular complexity index is 629. The van der Waals surface area contributed by atoms with Crippen molar-refractivity contribution in [2.75, 3.05) is 11.5 Å². The van der Waals surface area contributed by atoms with Crippen LogP contribution in [0.15, 0.2) is 47.4 Å². The van der Waals surface area contributed by atoms with Crippen LogP contribution in [-0.4, -0.2) is 11.7 Å². The zero-order valence-corrected chi connectivity index (χ0v) is 12.5. The van der Waals surface area contributed by atoms with E-state index in [2.05, 4.69) is 5.32 Å². The molecule has 2 rings (SSSR count). The lowest BCUT2D eigenvalue weighted by molar-refractivity contribution is -0.118.